The number of rotatable bonds is 7. The summed E-state index contributed by atoms with van der Waals surface area (Å²) in [6.45, 7) is 0.724. The number of nitrogens with one attached hydrogen (secondary N) is 1. The predicted molar refractivity (Wildman–Crippen MR) is 82.3 cm³/mol. The average molecular weight is 292 g/mol. The number of nitrogens with two attached hydrogens (primary N) is 1. The normalized spacial score (nSPS) is 17.4. The molecule has 21 heavy (non-hydrogen) atoms. The molecule has 5 nitrogen and oxygen atoms in total. The molecule has 1 aliphatic rings. The fourth-order valence-corrected chi connectivity index (χ4v) is 2.56. The molecule has 0 spiro atoms. The van der Waals surface area contributed by atoms with Crippen molar-refractivity contribution >= 4 is 11.6 Å². The Bertz CT molecular complexity index is 459. The first-order valence-corrected chi connectivity index (χ1v) is 7.58. The Morgan fingerprint density at radius 2 is 2.14 bits per heavy atom. The molecule has 1 aliphatic carbocycles. The molecule has 0 aliphatic heterocycles. The second kappa shape index (κ2) is 8.00. The zero-order chi connectivity index (χ0) is 15.1. The van der Waals surface area contributed by atoms with E-state index in [0.717, 1.165) is 18.5 Å². The summed E-state index contributed by atoms with van der Waals surface area (Å²) in [6.07, 6.45) is 5.66. The summed E-state index contributed by atoms with van der Waals surface area (Å²) in [4.78, 5) is 11.1. The highest BCUT2D eigenvalue weighted by Gasteiger charge is 2.15. The van der Waals surface area contributed by atoms with Gasteiger partial charge in [-0.1, -0.05) is 25.3 Å². The third-order valence-corrected chi connectivity index (χ3v) is 3.77. The lowest BCUT2D eigenvalue weighted by atomic mass is 9.98. The highest BCUT2D eigenvalue weighted by Crippen LogP contribution is 2.20. The number of hydrogen-bond donors (Lipinski definition) is 3. The Hall–Kier alpha value is -1.59. The van der Waals surface area contributed by atoms with Crippen molar-refractivity contribution in [2.24, 2.45) is 5.73 Å². The lowest BCUT2D eigenvalue weighted by Gasteiger charge is -2.23. The van der Waals surface area contributed by atoms with E-state index in [0.29, 0.717) is 24.8 Å². The van der Waals surface area contributed by atoms with Crippen LogP contribution in [0.1, 0.15) is 42.5 Å². The molecule has 1 aromatic rings. The lowest BCUT2D eigenvalue weighted by Crippen LogP contribution is -2.28. The molecule has 0 saturated heterocycles. The zero-order valence-electron chi connectivity index (χ0n) is 12.3. The SMILES string of the molecule is NC(=O)c1cccc(NCC(O)COC2CCCCC2)c1. The summed E-state index contributed by atoms with van der Waals surface area (Å²) < 4.78 is 5.73. The number of hydrogen-bond acceptors (Lipinski definition) is 4. The molecule has 2 rings (SSSR count). The number of benzene rings is 1. The van der Waals surface area contributed by atoms with Crippen molar-refractivity contribution in [3.63, 3.8) is 0 Å². The number of carbonyl (C=O) groups is 1. The van der Waals surface area contributed by atoms with Gasteiger partial charge in [0.1, 0.15) is 0 Å². The van der Waals surface area contributed by atoms with Crippen molar-refractivity contribution in [3.8, 4) is 0 Å². The summed E-state index contributed by atoms with van der Waals surface area (Å²) >= 11 is 0. The van der Waals surface area contributed by atoms with Crippen LogP contribution >= 0.6 is 0 Å². The van der Waals surface area contributed by atoms with Crippen molar-refractivity contribution in [1.82, 2.24) is 0 Å². The topological polar surface area (TPSA) is 84.6 Å². The largest absolute Gasteiger partial charge is 0.389 e. The average Bonchev–Trinajstić information content (AvgIpc) is 2.52. The summed E-state index contributed by atoms with van der Waals surface area (Å²) in [5.74, 6) is -0.458. The Balaban J connectivity index is 1.71. The number of amides is 1. The second-order valence-corrected chi connectivity index (χ2v) is 5.57. The number of aliphatic hydroxyl groups excluding tert-OH is 1. The van der Waals surface area contributed by atoms with Crippen LogP contribution in [0.4, 0.5) is 5.69 Å². The summed E-state index contributed by atoms with van der Waals surface area (Å²) in [5.41, 5.74) is 6.45. The van der Waals surface area contributed by atoms with Gasteiger partial charge in [0.05, 0.1) is 18.8 Å². The monoisotopic (exact) mass is 292 g/mol. The maximum Gasteiger partial charge on any atom is 0.248 e. The number of ether oxygens (including phenoxy) is 1. The van der Waals surface area contributed by atoms with Gasteiger partial charge in [-0.2, -0.15) is 0 Å². The van der Waals surface area contributed by atoms with Crippen LogP contribution in [0.2, 0.25) is 0 Å². The van der Waals surface area contributed by atoms with E-state index in [2.05, 4.69) is 5.32 Å². The lowest BCUT2D eigenvalue weighted by molar-refractivity contribution is -0.0195. The van der Waals surface area contributed by atoms with Gasteiger partial charge in [-0.15, -0.1) is 0 Å². The van der Waals surface area contributed by atoms with Gasteiger partial charge >= 0.3 is 0 Å². The van der Waals surface area contributed by atoms with Gasteiger partial charge in [0, 0.05) is 17.8 Å². The van der Waals surface area contributed by atoms with Crippen molar-refractivity contribution in [2.45, 2.75) is 44.3 Å². The first kappa shape index (κ1) is 15.8. The van der Waals surface area contributed by atoms with E-state index < -0.39 is 12.0 Å². The summed E-state index contributed by atoms with van der Waals surface area (Å²) in [7, 11) is 0. The van der Waals surface area contributed by atoms with Crippen LogP contribution in [0.15, 0.2) is 24.3 Å². The Morgan fingerprint density at radius 1 is 1.38 bits per heavy atom. The third kappa shape index (κ3) is 5.36. The zero-order valence-corrected chi connectivity index (χ0v) is 12.3. The molecule has 1 aromatic carbocycles. The minimum absolute atomic E-state index is 0.298. The van der Waals surface area contributed by atoms with Gasteiger partial charge in [-0.05, 0) is 31.0 Å². The fraction of sp³-hybridized carbons (Fsp3) is 0.562. The molecular formula is C16H24N2O3. The second-order valence-electron chi connectivity index (χ2n) is 5.57. The van der Waals surface area contributed by atoms with Crippen LogP contribution in [-0.4, -0.2) is 36.4 Å². The smallest absolute Gasteiger partial charge is 0.248 e. The number of anilines is 1. The van der Waals surface area contributed by atoms with E-state index in [1.54, 1.807) is 18.2 Å². The minimum atomic E-state index is -0.566. The first-order chi connectivity index (χ1) is 10.1. The summed E-state index contributed by atoms with van der Waals surface area (Å²) in [5, 5.41) is 13.0. The van der Waals surface area contributed by atoms with E-state index in [-0.39, 0.29) is 0 Å². The van der Waals surface area contributed by atoms with Crippen LogP contribution in [0.3, 0.4) is 0 Å². The summed E-state index contributed by atoms with van der Waals surface area (Å²) in [6, 6.07) is 6.93. The van der Waals surface area contributed by atoms with Gasteiger partial charge in [-0.25, -0.2) is 0 Å². The highest BCUT2D eigenvalue weighted by atomic mass is 16.5. The third-order valence-electron chi connectivity index (χ3n) is 3.77. The van der Waals surface area contributed by atoms with Crippen molar-refractivity contribution < 1.29 is 14.6 Å². The molecule has 0 bridgehead atoms. The molecule has 116 valence electrons. The van der Waals surface area contributed by atoms with Crippen molar-refractivity contribution in [3.05, 3.63) is 29.8 Å². The number of carbonyl (C=O) groups excluding carboxylic acids is 1. The van der Waals surface area contributed by atoms with Gasteiger partial charge in [0.15, 0.2) is 0 Å². The molecule has 1 fully saturated rings. The molecule has 1 amide bonds. The molecule has 1 saturated carbocycles. The first-order valence-electron chi connectivity index (χ1n) is 7.58. The Kier molecular flexibility index (Phi) is 6.02. The van der Waals surface area contributed by atoms with E-state index >= 15 is 0 Å². The van der Waals surface area contributed by atoms with Crippen molar-refractivity contribution in [2.75, 3.05) is 18.5 Å². The fourth-order valence-electron chi connectivity index (χ4n) is 2.56. The molecule has 1 unspecified atom stereocenters. The van der Waals surface area contributed by atoms with Crippen LogP contribution < -0.4 is 11.1 Å². The van der Waals surface area contributed by atoms with Gasteiger partial charge in [-0.3, -0.25) is 4.79 Å². The maximum absolute atomic E-state index is 11.1. The minimum Gasteiger partial charge on any atom is -0.389 e. The molecular weight excluding hydrogens is 268 g/mol. The van der Waals surface area contributed by atoms with Crippen LogP contribution in [0.5, 0.6) is 0 Å². The number of primary amides is 1. The van der Waals surface area contributed by atoms with E-state index in [1.807, 2.05) is 6.07 Å². The van der Waals surface area contributed by atoms with Crippen LogP contribution in [0.25, 0.3) is 0 Å². The van der Waals surface area contributed by atoms with E-state index in [9.17, 15) is 9.90 Å². The van der Waals surface area contributed by atoms with Crippen LogP contribution in [-0.2, 0) is 4.74 Å². The maximum atomic E-state index is 11.1. The van der Waals surface area contributed by atoms with E-state index in [1.165, 1.54) is 19.3 Å². The Morgan fingerprint density at radius 3 is 2.86 bits per heavy atom. The van der Waals surface area contributed by atoms with E-state index in [4.69, 9.17) is 10.5 Å². The molecule has 5 heteroatoms. The Labute approximate surface area is 125 Å². The van der Waals surface area contributed by atoms with Crippen LogP contribution in [0, 0.1) is 0 Å². The van der Waals surface area contributed by atoms with Gasteiger partial charge < -0.3 is 20.9 Å². The van der Waals surface area contributed by atoms with Crippen molar-refractivity contribution in [1.29, 1.82) is 0 Å². The standard InChI is InChI=1S/C16H24N2O3/c17-16(20)12-5-4-6-13(9-12)18-10-14(19)11-21-15-7-2-1-3-8-15/h4-6,9,14-15,18-19H,1-3,7-8,10-11H2,(H2,17,20). The molecule has 1 atom stereocenters. The molecule has 0 heterocycles. The molecule has 0 aromatic heterocycles. The quantitative estimate of drug-likeness (QED) is 0.716. The number of aliphatic hydroxyl groups is 1. The molecule has 4 N–H and O–H groups in total. The van der Waals surface area contributed by atoms with Gasteiger partial charge in [0.25, 0.3) is 0 Å². The molecule has 0 radical (unpaired) electrons. The highest BCUT2D eigenvalue weighted by molar-refractivity contribution is 5.93. The predicted octanol–water partition coefficient (Wildman–Crippen LogP) is 1.91. The van der Waals surface area contributed by atoms with Gasteiger partial charge in [0.2, 0.25) is 5.91 Å².